The average Bonchev–Trinajstić information content (AvgIpc) is 3.05. The van der Waals surface area contributed by atoms with Gasteiger partial charge in [0.15, 0.2) is 22.5 Å². The van der Waals surface area contributed by atoms with Crippen LogP contribution in [-0.4, -0.2) is 39.6 Å². The van der Waals surface area contributed by atoms with Crippen molar-refractivity contribution in [3.8, 4) is 22.9 Å². The van der Waals surface area contributed by atoms with Gasteiger partial charge in [-0.15, -0.1) is 10.2 Å². The van der Waals surface area contributed by atoms with E-state index in [0.29, 0.717) is 42.2 Å². The molecule has 4 rings (SSSR count). The molecule has 33 heavy (non-hydrogen) atoms. The number of amides is 1. The summed E-state index contributed by atoms with van der Waals surface area (Å²) in [6.45, 7) is 3.61. The van der Waals surface area contributed by atoms with Gasteiger partial charge in [-0.2, -0.15) is 13.2 Å². The zero-order valence-corrected chi connectivity index (χ0v) is 18.5. The number of fused-ring (bicyclic) bond motifs is 1. The minimum Gasteiger partial charge on any atom is -0.490 e. The molecule has 0 unspecified atom stereocenters. The molecule has 0 atom stereocenters. The zero-order chi connectivity index (χ0) is 23.4. The number of carbonyl (C=O) groups excluding carboxylic acids is 1. The minimum atomic E-state index is -4.56. The van der Waals surface area contributed by atoms with E-state index < -0.39 is 17.6 Å². The molecule has 1 aromatic heterocycles. The molecule has 2 heterocycles. The van der Waals surface area contributed by atoms with Crippen LogP contribution in [0.25, 0.3) is 11.4 Å². The molecule has 0 saturated heterocycles. The molecule has 1 aliphatic rings. The fourth-order valence-electron chi connectivity index (χ4n) is 3.35. The Morgan fingerprint density at radius 1 is 1.12 bits per heavy atom. The first-order chi connectivity index (χ1) is 15.9. The molecule has 0 bridgehead atoms. The number of carbonyl (C=O) groups is 1. The highest BCUT2D eigenvalue weighted by molar-refractivity contribution is 7.99. The normalized spacial score (nSPS) is 13.5. The Kier molecular flexibility index (Phi) is 6.77. The first-order valence-corrected chi connectivity index (χ1v) is 11.3. The third-order valence-electron chi connectivity index (χ3n) is 4.88. The lowest BCUT2D eigenvalue weighted by Crippen LogP contribution is -2.18. The average molecular weight is 478 g/mol. The van der Waals surface area contributed by atoms with E-state index in [9.17, 15) is 18.0 Å². The second-order valence-corrected chi connectivity index (χ2v) is 8.09. The first-order valence-electron chi connectivity index (χ1n) is 10.3. The molecule has 174 valence electrons. The lowest BCUT2D eigenvalue weighted by Gasteiger charge is -2.13. The van der Waals surface area contributed by atoms with Crippen molar-refractivity contribution in [2.24, 2.45) is 0 Å². The van der Waals surface area contributed by atoms with Crippen molar-refractivity contribution >= 4 is 23.4 Å². The predicted octanol–water partition coefficient (Wildman–Crippen LogP) is 4.88. The fraction of sp³-hybridized carbons (Fsp3) is 0.318. The maximum Gasteiger partial charge on any atom is 0.418 e. The number of anilines is 1. The molecular formula is C22H21F3N4O3S. The summed E-state index contributed by atoms with van der Waals surface area (Å²) < 4.78 is 52.7. The van der Waals surface area contributed by atoms with Gasteiger partial charge in [-0.05, 0) is 37.3 Å². The third kappa shape index (κ3) is 5.24. The van der Waals surface area contributed by atoms with Crippen molar-refractivity contribution in [1.29, 1.82) is 0 Å². The van der Waals surface area contributed by atoms with Crippen LogP contribution in [0, 0.1) is 0 Å². The van der Waals surface area contributed by atoms with Crippen molar-refractivity contribution in [2.45, 2.75) is 31.2 Å². The van der Waals surface area contributed by atoms with Gasteiger partial charge in [0, 0.05) is 18.5 Å². The van der Waals surface area contributed by atoms with Gasteiger partial charge >= 0.3 is 6.18 Å². The molecule has 1 aliphatic heterocycles. The van der Waals surface area contributed by atoms with E-state index in [0.717, 1.165) is 29.8 Å². The molecule has 11 heteroatoms. The van der Waals surface area contributed by atoms with E-state index in [-0.39, 0.29) is 11.4 Å². The molecule has 0 radical (unpaired) electrons. The van der Waals surface area contributed by atoms with E-state index in [2.05, 4.69) is 15.5 Å². The Balaban J connectivity index is 1.48. The van der Waals surface area contributed by atoms with Crippen molar-refractivity contribution in [3.05, 3.63) is 48.0 Å². The van der Waals surface area contributed by atoms with E-state index in [1.54, 1.807) is 0 Å². The summed E-state index contributed by atoms with van der Waals surface area (Å²) in [5.74, 6) is 1.21. The summed E-state index contributed by atoms with van der Waals surface area (Å²) in [6.07, 6.45) is -3.76. The Labute approximate surface area is 192 Å². The molecule has 7 nitrogen and oxygen atoms in total. The molecule has 2 aromatic carbocycles. The SMILES string of the molecule is CCn1c(SCC(=O)Nc2ccccc2C(F)(F)F)nnc1-c1ccc2c(c1)OCCCO2. The number of nitrogens with zero attached hydrogens (tertiary/aromatic N) is 3. The molecule has 3 aromatic rings. The summed E-state index contributed by atoms with van der Waals surface area (Å²) in [6, 6.07) is 10.4. The molecular weight excluding hydrogens is 457 g/mol. The highest BCUT2D eigenvalue weighted by Gasteiger charge is 2.33. The van der Waals surface area contributed by atoms with E-state index in [4.69, 9.17) is 9.47 Å². The Morgan fingerprint density at radius 3 is 2.64 bits per heavy atom. The molecule has 0 fully saturated rings. The summed E-state index contributed by atoms with van der Waals surface area (Å²) in [5, 5.41) is 11.2. The van der Waals surface area contributed by atoms with Gasteiger partial charge in [0.05, 0.1) is 30.2 Å². The highest BCUT2D eigenvalue weighted by Crippen LogP contribution is 2.36. The van der Waals surface area contributed by atoms with Gasteiger partial charge < -0.3 is 19.4 Å². The largest absolute Gasteiger partial charge is 0.490 e. The van der Waals surface area contributed by atoms with Crippen LogP contribution >= 0.6 is 11.8 Å². The fourth-order valence-corrected chi connectivity index (χ4v) is 4.15. The number of hydrogen-bond donors (Lipinski definition) is 1. The number of rotatable bonds is 6. The van der Waals surface area contributed by atoms with Crippen LogP contribution in [0.3, 0.4) is 0 Å². The minimum absolute atomic E-state index is 0.120. The number of hydrogen-bond acceptors (Lipinski definition) is 6. The lowest BCUT2D eigenvalue weighted by molar-refractivity contribution is -0.137. The zero-order valence-electron chi connectivity index (χ0n) is 17.7. The Bertz CT molecular complexity index is 1150. The highest BCUT2D eigenvalue weighted by atomic mass is 32.2. The first kappa shape index (κ1) is 23.0. The van der Waals surface area contributed by atoms with Crippen LogP contribution in [0.4, 0.5) is 18.9 Å². The van der Waals surface area contributed by atoms with Crippen LogP contribution in [-0.2, 0) is 17.5 Å². The third-order valence-corrected chi connectivity index (χ3v) is 5.84. The van der Waals surface area contributed by atoms with Crippen molar-refractivity contribution in [2.75, 3.05) is 24.3 Å². The van der Waals surface area contributed by atoms with Crippen LogP contribution in [0.15, 0.2) is 47.6 Å². The van der Waals surface area contributed by atoms with E-state index >= 15 is 0 Å². The smallest absolute Gasteiger partial charge is 0.418 e. The van der Waals surface area contributed by atoms with Gasteiger partial charge in [-0.1, -0.05) is 23.9 Å². The number of aromatic nitrogens is 3. The van der Waals surface area contributed by atoms with Gasteiger partial charge in [-0.3, -0.25) is 4.79 Å². The number of nitrogens with one attached hydrogen (secondary N) is 1. The number of thioether (sulfide) groups is 1. The lowest BCUT2D eigenvalue weighted by atomic mass is 10.1. The molecule has 1 amide bonds. The van der Waals surface area contributed by atoms with Crippen molar-refractivity contribution in [1.82, 2.24) is 14.8 Å². The van der Waals surface area contributed by atoms with Crippen LogP contribution < -0.4 is 14.8 Å². The van der Waals surface area contributed by atoms with Crippen LogP contribution in [0.1, 0.15) is 18.9 Å². The quantitative estimate of drug-likeness (QED) is 0.509. The van der Waals surface area contributed by atoms with Gasteiger partial charge in [-0.25, -0.2) is 0 Å². The Hall–Kier alpha value is -3.21. The number of para-hydroxylation sites is 1. The Morgan fingerprint density at radius 2 is 1.88 bits per heavy atom. The van der Waals surface area contributed by atoms with E-state index in [1.807, 2.05) is 29.7 Å². The number of benzene rings is 2. The standard InChI is InChI=1S/C22H21F3N4O3S/c1-2-29-20(14-8-9-17-18(12-14)32-11-5-10-31-17)27-28-21(29)33-13-19(30)26-16-7-4-3-6-15(16)22(23,24)25/h3-4,6-9,12H,2,5,10-11,13H2,1H3,(H,26,30). The van der Waals surface area contributed by atoms with Crippen molar-refractivity contribution in [3.63, 3.8) is 0 Å². The number of halogens is 3. The summed E-state index contributed by atoms with van der Waals surface area (Å²) in [7, 11) is 0. The molecule has 0 aliphatic carbocycles. The van der Waals surface area contributed by atoms with Crippen LogP contribution in [0.5, 0.6) is 11.5 Å². The summed E-state index contributed by atoms with van der Waals surface area (Å²) in [5.41, 5.74) is -0.388. The summed E-state index contributed by atoms with van der Waals surface area (Å²) >= 11 is 1.10. The molecule has 0 saturated carbocycles. The summed E-state index contributed by atoms with van der Waals surface area (Å²) in [4.78, 5) is 12.3. The molecule has 0 spiro atoms. The maximum absolute atomic E-state index is 13.1. The van der Waals surface area contributed by atoms with Gasteiger partial charge in [0.2, 0.25) is 5.91 Å². The second-order valence-electron chi connectivity index (χ2n) is 7.14. The number of alkyl halides is 3. The monoisotopic (exact) mass is 478 g/mol. The molecule has 1 N–H and O–H groups in total. The maximum atomic E-state index is 13.1. The van der Waals surface area contributed by atoms with Gasteiger partial charge in [0.1, 0.15) is 0 Å². The van der Waals surface area contributed by atoms with Crippen LogP contribution in [0.2, 0.25) is 0 Å². The predicted molar refractivity (Wildman–Crippen MR) is 118 cm³/mol. The topological polar surface area (TPSA) is 78.3 Å². The van der Waals surface area contributed by atoms with Gasteiger partial charge in [0.25, 0.3) is 0 Å². The second kappa shape index (κ2) is 9.74. The van der Waals surface area contributed by atoms with E-state index in [1.165, 1.54) is 18.2 Å². The number of ether oxygens (including phenoxy) is 2. The van der Waals surface area contributed by atoms with Crippen molar-refractivity contribution < 1.29 is 27.4 Å².